The molecule has 0 saturated heterocycles. The van der Waals surface area contributed by atoms with Gasteiger partial charge in [0.25, 0.3) is 0 Å². The minimum atomic E-state index is -0.958. The summed E-state index contributed by atoms with van der Waals surface area (Å²) in [7, 11) is 0. The molecule has 0 bridgehead atoms. The van der Waals surface area contributed by atoms with Crippen molar-refractivity contribution in [3.8, 4) is 5.75 Å². The van der Waals surface area contributed by atoms with Crippen LogP contribution < -0.4 is 4.74 Å². The number of fused-ring (bicyclic) bond motifs is 3. The van der Waals surface area contributed by atoms with E-state index >= 15 is 0 Å². The Kier molecular flexibility index (Phi) is 5.39. The number of pyridine rings is 2. The van der Waals surface area contributed by atoms with E-state index in [2.05, 4.69) is 9.97 Å². The van der Waals surface area contributed by atoms with E-state index < -0.39 is 12.1 Å². The van der Waals surface area contributed by atoms with E-state index in [1.165, 1.54) is 0 Å². The van der Waals surface area contributed by atoms with Gasteiger partial charge in [-0.25, -0.2) is 4.79 Å². The summed E-state index contributed by atoms with van der Waals surface area (Å²) in [6.45, 7) is 2.46. The van der Waals surface area contributed by atoms with Crippen LogP contribution in [0.25, 0.3) is 22.1 Å². The van der Waals surface area contributed by atoms with Crippen molar-refractivity contribution >= 4 is 28.0 Å². The number of carbonyl (C=O) groups is 1. The van der Waals surface area contributed by atoms with Crippen LogP contribution >= 0.6 is 0 Å². The second kappa shape index (κ2) is 8.28. The van der Waals surface area contributed by atoms with Crippen molar-refractivity contribution in [2.24, 2.45) is 0 Å². The lowest BCUT2D eigenvalue weighted by Gasteiger charge is -2.13. The van der Waals surface area contributed by atoms with Crippen molar-refractivity contribution in [3.05, 3.63) is 66.5 Å². The molecule has 0 aliphatic carbocycles. The van der Waals surface area contributed by atoms with Crippen LogP contribution in [-0.2, 0) is 22.7 Å². The SMILES string of the molecule is CCOC(Cc1ccc(OCn2c3cccnc3c3ncccc32)cc1)C(=O)O. The molecule has 4 rings (SSSR count). The van der Waals surface area contributed by atoms with Crippen LogP contribution in [0.2, 0.25) is 0 Å². The zero-order valence-electron chi connectivity index (χ0n) is 16.0. The number of nitrogens with zero attached hydrogens (tertiary/aromatic N) is 3. The Morgan fingerprint density at radius 1 is 1.03 bits per heavy atom. The highest BCUT2D eigenvalue weighted by molar-refractivity contribution is 6.02. The molecule has 0 aliphatic rings. The lowest BCUT2D eigenvalue weighted by molar-refractivity contribution is -0.149. The minimum absolute atomic E-state index is 0.313. The van der Waals surface area contributed by atoms with Gasteiger partial charge < -0.3 is 19.1 Å². The van der Waals surface area contributed by atoms with Gasteiger partial charge in [-0.3, -0.25) is 9.97 Å². The first-order valence-corrected chi connectivity index (χ1v) is 9.41. The van der Waals surface area contributed by atoms with Gasteiger partial charge in [-0.2, -0.15) is 0 Å². The molecule has 4 aromatic rings. The Hall–Kier alpha value is -3.45. The highest BCUT2D eigenvalue weighted by atomic mass is 16.5. The quantitative estimate of drug-likeness (QED) is 0.493. The molecule has 29 heavy (non-hydrogen) atoms. The maximum absolute atomic E-state index is 11.2. The number of hydrogen-bond acceptors (Lipinski definition) is 5. The van der Waals surface area contributed by atoms with Crippen molar-refractivity contribution in [2.45, 2.75) is 26.2 Å². The zero-order valence-corrected chi connectivity index (χ0v) is 16.0. The first kappa shape index (κ1) is 18.9. The molecular formula is C22H21N3O4. The van der Waals surface area contributed by atoms with E-state index in [0.29, 0.717) is 25.5 Å². The molecule has 1 N–H and O–H groups in total. The second-order valence-corrected chi connectivity index (χ2v) is 6.57. The van der Waals surface area contributed by atoms with E-state index in [4.69, 9.17) is 9.47 Å². The van der Waals surface area contributed by atoms with Gasteiger partial charge in [-0.15, -0.1) is 0 Å². The third-order valence-electron chi connectivity index (χ3n) is 4.73. The van der Waals surface area contributed by atoms with Gasteiger partial charge in [0.15, 0.2) is 12.8 Å². The van der Waals surface area contributed by atoms with Gasteiger partial charge in [-0.1, -0.05) is 12.1 Å². The van der Waals surface area contributed by atoms with Gasteiger partial charge in [-0.05, 0) is 48.9 Å². The Morgan fingerprint density at radius 3 is 2.21 bits per heavy atom. The summed E-state index contributed by atoms with van der Waals surface area (Å²) in [5, 5.41) is 9.22. The van der Waals surface area contributed by atoms with Crippen LogP contribution in [-0.4, -0.2) is 38.3 Å². The highest BCUT2D eigenvalue weighted by Crippen LogP contribution is 2.25. The monoisotopic (exact) mass is 391 g/mol. The first-order chi connectivity index (χ1) is 14.2. The molecule has 1 aromatic carbocycles. The fraction of sp³-hybridized carbons (Fsp3) is 0.227. The standard InChI is InChI=1S/C22H21N3O4/c1-2-28-19(22(26)27)13-15-7-9-16(10-8-15)29-14-25-17-5-3-11-23-20(17)21-18(25)6-4-12-24-21/h3-12,19H,2,13-14H2,1H3,(H,26,27). The number of carboxylic acids is 1. The topological polar surface area (TPSA) is 86.5 Å². The summed E-state index contributed by atoms with van der Waals surface area (Å²) in [5.41, 5.74) is 4.48. The highest BCUT2D eigenvalue weighted by Gasteiger charge is 2.18. The number of aromatic nitrogens is 3. The molecule has 3 aromatic heterocycles. The van der Waals surface area contributed by atoms with E-state index in [1.807, 2.05) is 53.1 Å². The molecule has 0 aliphatic heterocycles. The van der Waals surface area contributed by atoms with Crippen LogP contribution in [0.4, 0.5) is 0 Å². The molecule has 7 heteroatoms. The van der Waals surface area contributed by atoms with Crippen LogP contribution in [0.5, 0.6) is 5.75 Å². The summed E-state index contributed by atoms with van der Waals surface area (Å²) < 4.78 is 13.3. The molecule has 1 atom stereocenters. The minimum Gasteiger partial charge on any atom is -0.479 e. The number of ether oxygens (including phenoxy) is 2. The van der Waals surface area contributed by atoms with Crippen molar-refractivity contribution in [1.29, 1.82) is 0 Å². The summed E-state index contributed by atoms with van der Waals surface area (Å²) >= 11 is 0. The number of carboxylic acid groups (broad SMARTS) is 1. The predicted molar refractivity (Wildman–Crippen MR) is 109 cm³/mol. The third-order valence-corrected chi connectivity index (χ3v) is 4.73. The summed E-state index contributed by atoms with van der Waals surface area (Å²) in [6.07, 6.45) is 2.98. The predicted octanol–water partition coefficient (Wildman–Crippen LogP) is 3.65. The van der Waals surface area contributed by atoms with E-state index in [1.54, 1.807) is 19.3 Å². The number of rotatable bonds is 8. The Balaban J connectivity index is 1.52. The first-order valence-electron chi connectivity index (χ1n) is 9.41. The zero-order chi connectivity index (χ0) is 20.2. The molecule has 0 amide bonds. The Labute approximate surface area is 167 Å². The van der Waals surface area contributed by atoms with Crippen LogP contribution in [0, 0.1) is 0 Å². The lowest BCUT2D eigenvalue weighted by Crippen LogP contribution is -2.26. The number of benzene rings is 1. The van der Waals surface area contributed by atoms with Gasteiger partial charge in [0.05, 0.1) is 11.0 Å². The Bertz CT molecular complexity index is 1080. The van der Waals surface area contributed by atoms with Crippen molar-refractivity contribution < 1.29 is 19.4 Å². The average molecular weight is 391 g/mol. The smallest absolute Gasteiger partial charge is 0.333 e. The normalized spacial score (nSPS) is 12.3. The molecule has 148 valence electrons. The second-order valence-electron chi connectivity index (χ2n) is 6.57. The summed E-state index contributed by atoms with van der Waals surface area (Å²) in [5.74, 6) is -0.263. The summed E-state index contributed by atoms with van der Waals surface area (Å²) in [4.78, 5) is 20.2. The maximum Gasteiger partial charge on any atom is 0.333 e. The van der Waals surface area contributed by atoms with Gasteiger partial charge in [0.1, 0.15) is 16.8 Å². The maximum atomic E-state index is 11.2. The van der Waals surface area contributed by atoms with Crippen molar-refractivity contribution in [1.82, 2.24) is 14.5 Å². The Morgan fingerprint density at radius 2 is 1.66 bits per heavy atom. The molecule has 0 saturated carbocycles. The summed E-state index contributed by atoms with van der Waals surface area (Å²) in [6, 6.07) is 15.2. The van der Waals surface area contributed by atoms with E-state index in [-0.39, 0.29) is 0 Å². The number of hydrogen-bond donors (Lipinski definition) is 1. The molecule has 3 heterocycles. The molecule has 1 unspecified atom stereocenters. The van der Waals surface area contributed by atoms with Crippen molar-refractivity contribution in [2.75, 3.05) is 6.61 Å². The van der Waals surface area contributed by atoms with E-state index in [9.17, 15) is 9.90 Å². The molecular weight excluding hydrogens is 370 g/mol. The molecule has 0 radical (unpaired) electrons. The van der Waals surface area contributed by atoms with Crippen LogP contribution in [0.1, 0.15) is 12.5 Å². The fourth-order valence-corrected chi connectivity index (χ4v) is 3.36. The van der Waals surface area contributed by atoms with Crippen LogP contribution in [0.15, 0.2) is 60.9 Å². The molecule has 7 nitrogen and oxygen atoms in total. The third kappa shape index (κ3) is 3.90. The fourth-order valence-electron chi connectivity index (χ4n) is 3.36. The largest absolute Gasteiger partial charge is 0.479 e. The van der Waals surface area contributed by atoms with Gasteiger partial charge in [0, 0.05) is 25.4 Å². The van der Waals surface area contributed by atoms with Crippen LogP contribution in [0.3, 0.4) is 0 Å². The van der Waals surface area contributed by atoms with Crippen molar-refractivity contribution in [3.63, 3.8) is 0 Å². The average Bonchev–Trinajstić information content (AvgIpc) is 3.07. The lowest BCUT2D eigenvalue weighted by atomic mass is 10.1. The van der Waals surface area contributed by atoms with Gasteiger partial charge in [0.2, 0.25) is 0 Å². The molecule has 0 fully saturated rings. The van der Waals surface area contributed by atoms with Gasteiger partial charge >= 0.3 is 5.97 Å². The van der Waals surface area contributed by atoms with E-state index in [0.717, 1.165) is 27.6 Å². The molecule has 0 spiro atoms. The number of aliphatic carboxylic acids is 1.